The molecular formula is C22H20N2O2. The summed E-state index contributed by atoms with van der Waals surface area (Å²) in [7, 11) is 1.83. The van der Waals surface area contributed by atoms with Gasteiger partial charge in [0.05, 0.1) is 21.8 Å². The monoisotopic (exact) mass is 344 g/mol. The van der Waals surface area contributed by atoms with Gasteiger partial charge in [-0.2, -0.15) is 0 Å². The van der Waals surface area contributed by atoms with Gasteiger partial charge in [0.1, 0.15) is 0 Å². The summed E-state index contributed by atoms with van der Waals surface area (Å²) in [5.74, 6) is 0. The second-order valence-corrected chi connectivity index (χ2v) is 7.89. The minimum atomic E-state index is -0.170. The highest BCUT2D eigenvalue weighted by Crippen LogP contribution is 2.40. The molecule has 0 spiro atoms. The van der Waals surface area contributed by atoms with E-state index in [1.807, 2.05) is 43.4 Å². The van der Waals surface area contributed by atoms with Crippen molar-refractivity contribution in [2.24, 2.45) is 7.05 Å². The minimum absolute atomic E-state index is 0.0192. The van der Waals surface area contributed by atoms with Gasteiger partial charge >= 0.3 is 0 Å². The summed E-state index contributed by atoms with van der Waals surface area (Å²) >= 11 is 0. The third-order valence-electron chi connectivity index (χ3n) is 5.21. The smallest absolute Gasteiger partial charge is 0.262 e. The first-order valence-corrected chi connectivity index (χ1v) is 8.83. The van der Waals surface area contributed by atoms with Gasteiger partial charge in [-0.05, 0) is 39.0 Å². The first-order valence-electron chi connectivity index (χ1n) is 8.83. The molecule has 5 rings (SSSR count). The minimum Gasteiger partial charge on any atom is -0.439 e. The molecule has 3 heterocycles. The molecule has 4 nitrogen and oxygen atoms in total. The van der Waals surface area contributed by atoms with E-state index >= 15 is 0 Å². The van der Waals surface area contributed by atoms with Crippen molar-refractivity contribution in [1.29, 1.82) is 0 Å². The molecule has 0 atom stereocenters. The maximum absolute atomic E-state index is 13.2. The van der Waals surface area contributed by atoms with Crippen molar-refractivity contribution in [2.75, 3.05) is 0 Å². The van der Waals surface area contributed by atoms with Crippen molar-refractivity contribution < 1.29 is 4.42 Å². The summed E-state index contributed by atoms with van der Waals surface area (Å²) in [6, 6.07) is 16.1. The quantitative estimate of drug-likeness (QED) is 0.390. The Morgan fingerprint density at radius 1 is 0.846 bits per heavy atom. The largest absolute Gasteiger partial charge is 0.439 e. The van der Waals surface area contributed by atoms with E-state index < -0.39 is 0 Å². The zero-order valence-electron chi connectivity index (χ0n) is 15.3. The van der Waals surface area contributed by atoms with Gasteiger partial charge in [0, 0.05) is 23.4 Å². The van der Waals surface area contributed by atoms with Crippen molar-refractivity contribution in [3.05, 3.63) is 58.9 Å². The van der Waals surface area contributed by atoms with Crippen LogP contribution in [0.3, 0.4) is 0 Å². The van der Waals surface area contributed by atoms with Gasteiger partial charge in [-0.3, -0.25) is 4.79 Å². The Kier molecular flexibility index (Phi) is 2.81. The lowest BCUT2D eigenvalue weighted by Crippen LogP contribution is -2.20. The summed E-state index contributed by atoms with van der Waals surface area (Å²) in [4.78, 5) is 13.2. The first kappa shape index (κ1) is 15.3. The van der Waals surface area contributed by atoms with Crippen molar-refractivity contribution in [2.45, 2.75) is 26.3 Å². The highest BCUT2D eigenvalue weighted by Gasteiger charge is 2.27. The molecule has 4 heteroatoms. The highest BCUT2D eigenvalue weighted by atomic mass is 16.3. The first-order chi connectivity index (χ1) is 12.4. The van der Waals surface area contributed by atoms with E-state index in [1.165, 1.54) is 0 Å². The van der Waals surface area contributed by atoms with E-state index in [0.29, 0.717) is 11.0 Å². The third-order valence-corrected chi connectivity index (χ3v) is 5.21. The van der Waals surface area contributed by atoms with Crippen LogP contribution in [0.25, 0.3) is 43.9 Å². The average molecular weight is 344 g/mol. The molecule has 5 aromatic rings. The molecule has 2 aromatic carbocycles. The van der Waals surface area contributed by atoms with Crippen LogP contribution in [0.15, 0.2) is 57.7 Å². The Morgan fingerprint density at radius 3 is 2.15 bits per heavy atom. The Bertz CT molecular complexity index is 1390. The SMILES string of the molecule is Cn1c(=O)c2c(oc3c2c2ccccc2n3C(C)(C)C)c2ccccc21. The molecule has 0 unspecified atom stereocenters. The fraction of sp³-hybridized carbons (Fsp3) is 0.227. The van der Waals surface area contributed by atoms with Crippen molar-refractivity contribution in [3.63, 3.8) is 0 Å². The summed E-state index contributed by atoms with van der Waals surface area (Å²) in [5.41, 5.74) is 3.23. The summed E-state index contributed by atoms with van der Waals surface area (Å²) < 4.78 is 10.3. The van der Waals surface area contributed by atoms with E-state index in [0.717, 1.165) is 32.9 Å². The van der Waals surface area contributed by atoms with Gasteiger partial charge in [0.15, 0.2) is 5.58 Å². The number of pyridine rings is 1. The van der Waals surface area contributed by atoms with Crippen LogP contribution in [0, 0.1) is 0 Å². The molecule has 130 valence electrons. The zero-order valence-corrected chi connectivity index (χ0v) is 15.3. The Morgan fingerprint density at radius 2 is 1.46 bits per heavy atom. The molecule has 0 aliphatic carbocycles. The standard InChI is InChI=1S/C22H20N2O2/c1-22(2,3)24-16-12-8-5-9-13(16)17-18-19(26-21(17)24)14-10-6-7-11-15(14)23(4)20(18)25/h5-12H,1-4H3. The number of furan rings is 1. The van der Waals surface area contributed by atoms with Gasteiger partial charge in [-0.15, -0.1) is 0 Å². The fourth-order valence-electron chi connectivity index (χ4n) is 4.11. The Hall–Kier alpha value is -3.01. The number of nitrogens with zero attached hydrogens (tertiary/aromatic N) is 2. The molecule has 0 fully saturated rings. The van der Waals surface area contributed by atoms with E-state index in [2.05, 4.69) is 37.5 Å². The highest BCUT2D eigenvalue weighted by molar-refractivity contribution is 6.22. The van der Waals surface area contributed by atoms with Gasteiger partial charge in [-0.1, -0.05) is 30.3 Å². The molecule has 26 heavy (non-hydrogen) atoms. The van der Waals surface area contributed by atoms with E-state index in [4.69, 9.17) is 4.42 Å². The van der Waals surface area contributed by atoms with Crippen LogP contribution in [0.1, 0.15) is 20.8 Å². The van der Waals surface area contributed by atoms with Crippen LogP contribution in [-0.2, 0) is 12.6 Å². The number of rotatable bonds is 0. The maximum atomic E-state index is 13.2. The predicted octanol–water partition coefficient (Wildman–Crippen LogP) is 5.15. The third kappa shape index (κ3) is 1.76. The van der Waals surface area contributed by atoms with Gasteiger partial charge in [0.25, 0.3) is 5.56 Å². The molecule has 0 radical (unpaired) electrons. The van der Waals surface area contributed by atoms with Crippen LogP contribution in [0.5, 0.6) is 0 Å². The summed E-state index contributed by atoms with van der Waals surface area (Å²) in [5, 5.41) is 3.60. The van der Waals surface area contributed by atoms with Crippen LogP contribution in [-0.4, -0.2) is 9.13 Å². The molecule has 0 aliphatic heterocycles. The van der Waals surface area contributed by atoms with Crippen molar-refractivity contribution in [3.8, 4) is 0 Å². The maximum Gasteiger partial charge on any atom is 0.262 e. The van der Waals surface area contributed by atoms with Gasteiger partial charge in [0.2, 0.25) is 5.71 Å². The van der Waals surface area contributed by atoms with Gasteiger partial charge in [-0.25, -0.2) is 0 Å². The van der Waals surface area contributed by atoms with Gasteiger partial charge < -0.3 is 13.6 Å². The fourth-order valence-corrected chi connectivity index (χ4v) is 4.11. The number of hydrogen-bond donors (Lipinski definition) is 0. The summed E-state index contributed by atoms with van der Waals surface area (Å²) in [6.07, 6.45) is 0. The second-order valence-electron chi connectivity index (χ2n) is 7.89. The summed E-state index contributed by atoms with van der Waals surface area (Å²) in [6.45, 7) is 6.47. The van der Waals surface area contributed by atoms with Crippen LogP contribution < -0.4 is 5.56 Å². The van der Waals surface area contributed by atoms with Crippen molar-refractivity contribution >= 4 is 43.9 Å². The molecule has 0 saturated carbocycles. The molecule has 0 amide bonds. The average Bonchev–Trinajstić information content (AvgIpc) is 3.13. The lowest BCUT2D eigenvalue weighted by atomic mass is 10.1. The van der Waals surface area contributed by atoms with E-state index in [9.17, 15) is 4.79 Å². The predicted molar refractivity (Wildman–Crippen MR) is 107 cm³/mol. The number of aryl methyl sites for hydroxylation is 1. The topological polar surface area (TPSA) is 40.1 Å². The second kappa shape index (κ2) is 4.79. The molecule has 3 aromatic heterocycles. The number of para-hydroxylation sites is 2. The van der Waals surface area contributed by atoms with Crippen LogP contribution in [0.2, 0.25) is 0 Å². The number of benzene rings is 2. The zero-order chi connectivity index (χ0) is 18.2. The molecule has 0 bridgehead atoms. The lowest BCUT2D eigenvalue weighted by molar-refractivity contribution is 0.404. The normalized spacial score (nSPS) is 12.8. The lowest BCUT2D eigenvalue weighted by Gasteiger charge is -2.22. The van der Waals surface area contributed by atoms with E-state index in [-0.39, 0.29) is 11.1 Å². The molecular weight excluding hydrogens is 324 g/mol. The van der Waals surface area contributed by atoms with Crippen molar-refractivity contribution in [1.82, 2.24) is 9.13 Å². The Labute approximate surface area is 150 Å². The Balaban J connectivity index is 2.18. The number of hydrogen-bond acceptors (Lipinski definition) is 2. The molecule has 0 saturated heterocycles. The van der Waals surface area contributed by atoms with Crippen LogP contribution >= 0.6 is 0 Å². The number of fused-ring (bicyclic) bond motifs is 7. The van der Waals surface area contributed by atoms with Crippen LogP contribution in [0.4, 0.5) is 0 Å². The number of aromatic nitrogens is 2. The van der Waals surface area contributed by atoms with E-state index in [1.54, 1.807) is 4.57 Å². The molecule has 0 N–H and O–H groups in total. The molecule has 0 aliphatic rings.